The van der Waals surface area contributed by atoms with Crippen LogP contribution < -0.4 is 20.1 Å². The van der Waals surface area contributed by atoms with Gasteiger partial charge in [-0.25, -0.2) is 4.98 Å². The van der Waals surface area contributed by atoms with Gasteiger partial charge in [-0.15, -0.1) is 0 Å². The minimum atomic E-state index is -1.22. The molecular weight excluding hydrogens is 502 g/mol. The number of nitrogens with one attached hydrogen (secondary N) is 2. The minimum Gasteiger partial charge on any atom is -0.490 e. The molecule has 0 radical (unpaired) electrons. The highest BCUT2D eigenvalue weighted by Crippen LogP contribution is 2.35. The highest BCUT2D eigenvalue weighted by atomic mass is 16.6. The summed E-state index contributed by atoms with van der Waals surface area (Å²) >= 11 is 0. The molecule has 1 aromatic heterocycles. The van der Waals surface area contributed by atoms with Crippen LogP contribution >= 0.6 is 0 Å². The fourth-order valence-electron chi connectivity index (χ4n) is 5.16. The summed E-state index contributed by atoms with van der Waals surface area (Å²) in [6.45, 7) is 8.34. The van der Waals surface area contributed by atoms with E-state index in [1.165, 1.54) is 0 Å². The number of aliphatic hydroxyl groups is 3. The number of anilines is 1. The number of ether oxygens (including phenoxy) is 3. The first kappa shape index (κ1) is 27.6. The molecule has 2 aliphatic heterocycles. The fourth-order valence-corrected chi connectivity index (χ4v) is 5.16. The van der Waals surface area contributed by atoms with Crippen LogP contribution in [0, 0.1) is 0 Å². The van der Waals surface area contributed by atoms with Crippen molar-refractivity contribution < 1.29 is 29.5 Å². The van der Waals surface area contributed by atoms with Gasteiger partial charge in [0.1, 0.15) is 18.3 Å². The van der Waals surface area contributed by atoms with E-state index < -0.39 is 31.1 Å². The first-order chi connectivity index (χ1) is 19.1. The van der Waals surface area contributed by atoms with Gasteiger partial charge in [0.2, 0.25) is 5.95 Å². The van der Waals surface area contributed by atoms with Gasteiger partial charge < -0.3 is 45.1 Å². The lowest BCUT2D eigenvalue weighted by atomic mass is 10.1. The van der Waals surface area contributed by atoms with Crippen LogP contribution in [-0.4, -0.2) is 101 Å². The molecule has 2 aromatic carbocycles. The molecule has 0 spiro atoms. The number of nitrogens with zero attached hydrogens (tertiary/aromatic N) is 3. The maximum atomic E-state index is 10.7. The summed E-state index contributed by atoms with van der Waals surface area (Å²) in [5.74, 6) is 1.90. The van der Waals surface area contributed by atoms with Crippen molar-refractivity contribution in [1.29, 1.82) is 0 Å². The number of rotatable bonds is 12. The van der Waals surface area contributed by atoms with E-state index in [9.17, 15) is 15.3 Å². The number of aliphatic hydroxyl groups excluding tert-OH is 3. The lowest BCUT2D eigenvalue weighted by molar-refractivity contribution is -0.0499. The van der Waals surface area contributed by atoms with E-state index in [4.69, 9.17) is 19.2 Å². The van der Waals surface area contributed by atoms with Gasteiger partial charge in [-0.2, -0.15) is 0 Å². The summed E-state index contributed by atoms with van der Waals surface area (Å²) in [6, 6.07) is 13.4. The smallest absolute Gasteiger partial charge is 0.206 e. The maximum absolute atomic E-state index is 10.7. The molecule has 3 aromatic rings. The molecule has 2 fully saturated rings. The molecule has 212 valence electrons. The summed E-state index contributed by atoms with van der Waals surface area (Å²) in [4.78, 5) is 7.16. The van der Waals surface area contributed by atoms with Crippen molar-refractivity contribution in [1.82, 2.24) is 19.8 Å². The van der Waals surface area contributed by atoms with Gasteiger partial charge in [-0.05, 0) is 43.2 Å². The van der Waals surface area contributed by atoms with E-state index in [0.717, 1.165) is 55.7 Å². The van der Waals surface area contributed by atoms with Crippen molar-refractivity contribution in [2.75, 3.05) is 57.9 Å². The zero-order valence-corrected chi connectivity index (χ0v) is 22.3. The third-order valence-electron chi connectivity index (χ3n) is 7.21. The number of aromatic nitrogens is 2. The highest BCUT2D eigenvalue weighted by Gasteiger charge is 2.44. The van der Waals surface area contributed by atoms with Gasteiger partial charge in [0.15, 0.2) is 17.7 Å². The molecule has 2 saturated heterocycles. The summed E-state index contributed by atoms with van der Waals surface area (Å²) in [6.07, 6.45) is -3.26. The van der Waals surface area contributed by atoms with Crippen molar-refractivity contribution in [3.63, 3.8) is 0 Å². The number of para-hydroxylation sites is 2. The van der Waals surface area contributed by atoms with E-state index in [1.807, 2.05) is 49.4 Å². The summed E-state index contributed by atoms with van der Waals surface area (Å²) in [7, 11) is 0. The van der Waals surface area contributed by atoms with E-state index in [2.05, 4.69) is 15.5 Å². The van der Waals surface area contributed by atoms with Crippen molar-refractivity contribution in [3.05, 3.63) is 48.0 Å². The number of hydrogen-bond donors (Lipinski definition) is 5. The summed E-state index contributed by atoms with van der Waals surface area (Å²) < 4.78 is 19.5. The average molecular weight is 542 g/mol. The molecule has 3 heterocycles. The Labute approximate surface area is 228 Å². The fraction of sp³-hybridized carbons (Fsp3) is 0.536. The van der Waals surface area contributed by atoms with Crippen LogP contribution in [0.5, 0.6) is 11.5 Å². The van der Waals surface area contributed by atoms with E-state index in [-0.39, 0.29) is 0 Å². The Morgan fingerprint density at radius 1 is 1.08 bits per heavy atom. The van der Waals surface area contributed by atoms with Crippen molar-refractivity contribution in [2.24, 2.45) is 0 Å². The lowest BCUT2D eigenvalue weighted by Crippen LogP contribution is -2.43. The lowest BCUT2D eigenvalue weighted by Gasteiger charge is -2.27. The SMILES string of the molecule is CCOc1ccc(CNc2nc3ccccc3n2[C@@H]2O[C@H](CO)[C@@H](O)[C@H]2O)cc1OCCCN1CCNCC1. The monoisotopic (exact) mass is 541 g/mol. The Morgan fingerprint density at radius 3 is 2.67 bits per heavy atom. The standard InChI is InChI=1S/C28H39N5O6/c1-2-37-22-9-8-19(16-23(22)38-15-5-12-32-13-10-29-11-14-32)17-30-28-31-20-6-3-4-7-21(20)33(28)27-26(36)25(35)24(18-34)39-27/h3-4,6-9,16,24-27,29,34-36H,2,5,10-15,17-18H2,1H3,(H,30,31)/t24-,25-,26-,27-/m1/s1. The molecule has 11 heteroatoms. The first-order valence-electron chi connectivity index (χ1n) is 13.7. The second-order valence-electron chi connectivity index (χ2n) is 9.88. The molecular formula is C28H39N5O6. The normalized spacial score (nSPS) is 23.8. The molecule has 2 aliphatic rings. The highest BCUT2D eigenvalue weighted by molar-refractivity contribution is 5.78. The zero-order valence-electron chi connectivity index (χ0n) is 22.3. The van der Waals surface area contributed by atoms with Crippen LogP contribution in [-0.2, 0) is 11.3 Å². The molecule has 0 amide bonds. The Morgan fingerprint density at radius 2 is 1.90 bits per heavy atom. The predicted molar refractivity (Wildman–Crippen MR) is 147 cm³/mol. The molecule has 0 unspecified atom stereocenters. The summed E-state index contributed by atoms with van der Waals surface area (Å²) in [5, 5.41) is 37.4. The quantitative estimate of drug-likeness (QED) is 0.214. The number of piperazine rings is 1. The average Bonchev–Trinajstić information content (AvgIpc) is 3.47. The van der Waals surface area contributed by atoms with Gasteiger partial charge in [-0.3, -0.25) is 4.57 Å². The van der Waals surface area contributed by atoms with Gasteiger partial charge in [-0.1, -0.05) is 18.2 Å². The van der Waals surface area contributed by atoms with Gasteiger partial charge in [0, 0.05) is 39.3 Å². The largest absolute Gasteiger partial charge is 0.490 e. The number of benzene rings is 2. The van der Waals surface area contributed by atoms with Crippen LogP contribution in [0.2, 0.25) is 0 Å². The Kier molecular flexibility index (Phi) is 9.17. The van der Waals surface area contributed by atoms with E-state index in [0.29, 0.717) is 37.2 Å². The molecule has 4 atom stereocenters. The van der Waals surface area contributed by atoms with Crippen molar-refractivity contribution in [3.8, 4) is 11.5 Å². The van der Waals surface area contributed by atoms with Gasteiger partial charge in [0.05, 0.1) is 30.9 Å². The van der Waals surface area contributed by atoms with Crippen LogP contribution in [0.4, 0.5) is 5.95 Å². The predicted octanol–water partition coefficient (Wildman–Crippen LogP) is 1.33. The topological polar surface area (TPSA) is 134 Å². The third-order valence-corrected chi connectivity index (χ3v) is 7.21. The molecule has 0 saturated carbocycles. The maximum Gasteiger partial charge on any atom is 0.206 e. The number of hydrogen-bond acceptors (Lipinski definition) is 10. The Balaban J connectivity index is 1.29. The molecule has 11 nitrogen and oxygen atoms in total. The second kappa shape index (κ2) is 12.9. The zero-order chi connectivity index (χ0) is 27.2. The Hall–Kier alpha value is -2.93. The van der Waals surface area contributed by atoms with Crippen LogP contribution in [0.3, 0.4) is 0 Å². The van der Waals surface area contributed by atoms with Crippen LogP contribution in [0.1, 0.15) is 25.1 Å². The molecule has 5 rings (SSSR count). The van der Waals surface area contributed by atoms with Gasteiger partial charge >= 0.3 is 0 Å². The third kappa shape index (κ3) is 6.29. The molecule has 0 aliphatic carbocycles. The van der Waals surface area contributed by atoms with E-state index in [1.54, 1.807) is 4.57 Å². The van der Waals surface area contributed by atoms with Crippen molar-refractivity contribution in [2.45, 2.75) is 44.4 Å². The van der Waals surface area contributed by atoms with E-state index >= 15 is 0 Å². The molecule has 5 N–H and O–H groups in total. The van der Waals surface area contributed by atoms with Crippen LogP contribution in [0.25, 0.3) is 11.0 Å². The van der Waals surface area contributed by atoms with Crippen LogP contribution in [0.15, 0.2) is 42.5 Å². The minimum absolute atomic E-state index is 0.395. The van der Waals surface area contributed by atoms with Crippen molar-refractivity contribution >= 4 is 17.0 Å². The number of imidazole rings is 1. The van der Waals surface area contributed by atoms with Gasteiger partial charge in [0.25, 0.3) is 0 Å². The molecule has 39 heavy (non-hydrogen) atoms. The number of fused-ring (bicyclic) bond motifs is 1. The summed E-state index contributed by atoms with van der Waals surface area (Å²) in [5.41, 5.74) is 2.43. The second-order valence-corrected chi connectivity index (χ2v) is 9.88. The molecule has 0 bridgehead atoms. The Bertz CT molecular complexity index is 1220. The first-order valence-corrected chi connectivity index (χ1v) is 13.7.